The number of allylic oxidation sites excluding steroid dienone is 1. The minimum absolute atomic E-state index is 0.142. The van der Waals surface area contributed by atoms with Gasteiger partial charge in [-0.2, -0.15) is 0 Å². The van der Waals surface area contributed by atoms with Crippen LogP contribution in [0.1, 0.15) is 43.2 Å². The second-order valence-electron chi connectivity index (χ2n) is 6.80. The Kier molecular flexibility index (Phi) is 6.09. The molecule has 0 bridgehead atoms. The predicted octanol–water partition coefficient (Wildman–Crippen LogP) is 2.76. The Bertz CT molecular complexity index is 642. The molecule has 1 unspecified atom stereocenters. The number of hydrogen-bond acceptors (Lipinski definition) is 2. The van der Waals surface area contributed by atoms with Gasteiger partial charge in [-0.25, -0.2) is 4.79 Å². The van der Waals surface area contributed by atoms with Crippen LogP contribution in [-0.2, 0) is 17.8 Å². The van der Waals surface area contributed by atoms with Crippen molar-refractivity contribution in [3.05, 3.63) is 47.5 Å². The summed E-state index contributed by atoms with van der Waals surface area (Å²) >= 11 is 0. The summed E-state index contributed by atoms with van der Waals surface area (Å²) in [4.78, 5) is 26.1. The lowest BCUT2D eigenvalue weighted by atomic mass is 9.99. The second-order valence-corrected chi connectivity index (χ2v) is 6.80. The molecule has 2 N–H and O–H groups in total. The van der Waals surface area contributed by atoms with Gasteiger partial charge in [-0.15, -0.1) is 0 Å². The summed E-state index contributed by atoms with van der Waals surface area (Å²) in [5.74, 6) is 0.173. The van der Waals surface area contributed by atoms with Crippen LogP contribution in [0.5, 0.6) is 0 Å². The number of nitrogens with one attached hydrogen (secondary N) is 2. The third-order valence-electron chi connectivity index (χ3n) is 4.91. The largest absolute Gasteiger partial charge is 0.338 e. The van der Waals surface area contributed by atoms with E-state index in [1.165, 1.54) is 11.1 Å². The fraction of sp³-hybridized carbons (Fsp3) is 0.500. The summed E-state index contributed by atoms with van der Waals surface area (Å²) in [6.07, 6.45) is 9.47. The Morgan fingerprint density at radius 1 is 1.20 bits per heavy atom. The van der Waals surface area contributed by atoms with Gasteiger partial charge in [0.25, 0.3) is 0 Å². The first-order chi connectivity index (χ1) is 12.2. The zero-order valence-electron chi connectivity index (χ0n) is 14.7. The van der Waals surface area contributed by atoms with E-state index >= 15 is 0 Å². The van der Waals surface area contributed by atoms with E-state index in [0.717, 1.165) is 32.2 Å². The molecule has 0 radical (unpaired) electrons. The number of hydrogen-bond donors (Lipinski definition) is 2. The highest BCUT2D eigenvalue weighted by atomic mass is 16.2. The summed E-state index contributed by atoms with van der Waals surface area (Å²) < 4.78 is 0. The van der Waals surface area contributed by atoms with Gasteiger partial charge in [0.15, 0.2) is 0 Å². The second kappa shape index (κ2) is 8.70. The number of rotatable bonds is 5. The molecule has 1 aliphatic heterocycles. The summed E-state index contributed by atoms with van der Waals surface area (Å²) in [6.45, 7) is 2.02. The lowest BCUT2D eigenvalue weighted by Crippen LogP contribution is -2.42. The van der Waals surface area contributed by atoms with Crippen LogP contribution in [0, 0.1) is 0 Å². The van der Waals surface area contributed by atoms with E-state index in [0.29, 0.717) is 25.9 Å². The van der Waals surface area contributed by atoms with E-state index in [1.807, 2.05) is 11.0 Å². The number of carbonyl (C=O) groups excluding carboxylic acids is 2. The monoisotopic (exact) mass is 341 g/mol. The van der Waals surface area contributed by atoms with E-state index in [2.05, 4.69) is 41.0 Å². The molecule has 1 aliphatic carbocycles. The van der Waals surface area contributed by atoms with Gasteiger partial charge in [0.05, 0.1) is 0 Å². The molecule has 3 rings (SSSR count). The molecule has 1 aromatic carbocycles. The molecule has 5 heteroatoms. The molecule has 1 aromatic rings. The maximum atomic E-state index is 12.4. The van der Waals surface area contributed by atoms with Crippen LogP contribution >= 0.6 is 0 Å². The molecular formula is C20H27N3O2. The van der Waals surface area contributed by atoms with Crippen molar-refractivity contribution in [3.8, 4) is 0 Å². The number of urea groups is 1. The number of amides is 3. The quantitative estimate of drug-likeness (QED) is 0.639. The topological polar surface area (TPSA) is 61.4 Å². The van der Waals surface area contributed by atoms with Gasteiger partial charge < -0.3 is 15.5 Å². The zero-order chi connectivity index (χ0) is 17.5. The summed E-state index contributed by atoms with van der Waals surface area (Å²) in [5.41, 5.74) is 2.60. The zero-order valence-corrected chi connectivity index (χ0v) is 14.7. The maximum absolute atomic E-state index is 12.4. The van der Waals surface area contributed by atoms with Gasteiger partial charge >= 0.3 is 6.03 Å². The van der Waals surface area contributed by atoms with Crippen LogP contribution in [0.15, 0.2) is 36.4 Å². The highest BCUT2D eigenvalue weighted by Crippen LogP contribution is 2.19. The lowest BCUT2D eigenvalue weighted by molar-refractivity contribution is -0.132. The van der Waals surface area contributed by atoms with Crippen LogP contribution in [0.4, 0.5) is 4.79 Å². The standard InChI is InChI=1S/C20H27N3O2/c24-19(23-14-12-16-7-4-5-8-17(16)15-23)11-6-13-21-20(25)22-18-9-2-1-3-10-18/h2,4-5,7-9,18H,1,3,6,10-15H2,(H2,21,22,25). The van der Waals surface area contributed by atoms with Crippen molar-refractivity contribution >= 4 is 11.9 Å². The molecule has 25 heavy (non-hydrogen) atoms. The van der Waals surface area contributed by atoms with Crippen LogP contribution < -0.4 is 10.6 Å². The molecule has 0 fully saturated rings. The van der Waals surface area contributed by atoms with Gasteiger partial charge in [0, 0.05) is 32.1 Å². The molecule has 3 amide bonds. The Balaban J connectivity index is 1.34. The third kappa shape index (κ3) is 5.08. The average Bonchev–Trinajstić information content (AvgIpc) is 2.65. The normalized spacial score (nSPS) is 19.2. The van der Waals surface area contributed by atoms with Gasteiger partial charge in [0.1, 0.15) is 0 Å². The van der Waals surface area contributed by atoms with Gasteiger partial charge in [-0.3, -0.25) is 4.79 Å². The molecule has 134 valence electrons. The van der Waals surface area contributed by atoms with E-state index in [4.69, 9.17) is 0 Å². The molecule has 0 saturated heterocycles. The number of nitrogens with zero attached hydrogens (tertiary/aromatic N) is 1. The molecule has 0 saturated carbocycles. The molecule has 2 aliphatic rings. The van der Waals surface area contributed by atoms with Crippen LogP contribution in [-0.4, -0.2) is 36.0 Å². The average molecular weight is 341 g/mol. The van der Waals surface area contributed by atoms with Crippen molar-refractivity contribution in [1.82, 2.24) is 15.5 Å². The number of benzene rings is 1. The van der Waals surface area contributed by atoms with E-state index in [1.54, 1.807) is 0 Å². The SMILES string of the molecule is O=C(NCCCC(=O)N1CCc2ccccc2C1)NC1C=CCCC1. The number of carbonyl (C=O) groups is 2. The third-order valence-corrected chi connectivity index (χ3v) is 4.91. The van der Waals surface area contributed by atoms with Crippen molar-refractivity contribution in [2.24, 2.45) is 0 Å². The molecule has 0 aromatic heterocycles. The van der Waals surface area contributed by atoms with Gasteiger partial charge in [-0.1, -0.05) is 36.4 Å². The number of fused-ring (bicyclic) bond motifs is 1. The molecule has 1 heterocycles. The first-order valence-electron chi connectivity index (χ1n) is 9.28. The van der Waals surface area contributed by atoms with Crippen molar-refractivity contribution in [1.29, 1.82) is 0 Å². The summed E-state index contributed by atoms with van der Waals surface area (Å²) in [5, 5.41) is 5.80. The molecule has 5 nitrogen and oxygen atoms in total. The Morgan fingerprint density at radius 3 is 2.84 bits per heavy atom. The fourth-order valence-corrected chi connectivity index (χ4v) is 3.46. The van der Waals surface area contributed by atoms with Crippen molar-refractivity contribution in [2.45, 2.75) is 51.1 Å². The minimum atomic E-state index is -0.143. The fourth-order valence-electron chi connectivity index (χ4n) is 3.46. The minimum Gasteiger partial charge on any atom is -0.338 e. The van der Waals surface area contributed by atoms with E-state index in [-0.39, 0.29) is 18.0 Å². The highest BCUT2D eigenvalue weighted by molar-refractivity contribution is 5.77. The van der Waals surface area contributed by atoms with Crippen molar-refractivity contribution < 1.29 is 9.59 Å². The predicted molar refractivity (Wildman–Crippen MR) is 98.1 cm³/mol. The molecule has 1 atom stereocenters. The van der Waals surface area contributed by atoms with Crippen LogP contribution in [0.3, 0.4) is 0 Å². The first-order valence-corrected chi connectivity index (χ1v) is 9.28. The molecular weight excluding hydrogens is 314 g/mol. The lowest BCUT2D eigenvalue weighted by Gasteiger charge is -2.29. The van der Waals surface area contributed by atoms with Gasteiger partial charge in [0.2, 0.25) is 5.91 Å². The maximum Gasteiger partial charge on any atom is 0.315 e. The highest BCUT2D eigenvalue weighted by Gasteiger charge is 2.19. The van der Waals surface area contributed by atoms with Crippen LogP contribution in [0.2, 0.25) is 0 Å². The summed E-state index contributed by atoms with van der Waals surface area (Å²) in [7, 11) is 0. The van der Waals surface area contributed by atoms with Crippen molar-refractivity contribution in [3.63, 3.8) is 0 Å². The smallest absolute Gasteiger partial charge is 0.315 e. The van der Waals surface area contributed by atoms with E-state index < -0.39 is 0 Å². The van der Waals surface area contributed by atoms with Crippen molar-refractivity contribution in [2.75, 3.05) is 13.1 Å². The van der Waals surface area contributed by atoms with E-state index in [9.17, 15) is 9.59 Å². The van der Waals surface area contributed by atoms with Gasteiger partial charge in [-0.05, 0) is 43.2 Å². The Morgan fingerprint density at radius 2 is 2.04 bits per heavy atom. The Labute approximate surface area is 149 Å². The Hall–Kier alpha value is -2.30. The van der Waals surface area contributed by atoms with Crippen LogP contribution in [0.25, 0.3) is 0 Å². The first kappa shape index (κ1) is 17.5. The molecule has 0 spiro atoms. The summed E-state index contributed by atoms with van der Waals surface area (Å²) in [6, 6.07) is 8.31.